The number of hydrogen-bond acceptors (Lipinski definition) is 3. The number of likely N-dealkylation sites (tertiary alicyclic amines) is 1. The van der Waals surface area contributed by atoms with Crippen molar-refractivity contribution in [2.24, 2.45) is 11.7 Å². The molecule has 0 spiro atoms. The van der Waals surface area contributed by atoms with E-state index in [0.29, 0.717) is 19.2 Å². The number of ether oxygens (including phenoxy) is 1. The summed E-state index contributed by atoms with van der Waals surface area (Å²) in [6, 6.07) is 8.86. The lowest BCUT2D eigenvalue weighted by Crippen LogP contribution is -2.32. The molecule has 2 N–H and O–H groups in total. The van der Waals surface area contributed by atoms with Crippen molar-refractivity contribution < 1.29 is 4.74 Å². The molecule has 1 fully saturated rings. The Kier molecular flexibility index (Phi) is 5.37. The maximum Gasteiger partial charge on any atom is 0.0716 e. The predicted octanol–water partition coefficient (Wildman–Crippen LogP) is 2.56. The molecule has 0 radical (unpaired) electrons. The van der Waals surface area contributed by atoms with Crippen molar-refractivity contribution in [3.63, 3.8) is 0 Å². The number of hydrogen-bond donors (Lipinski definition) is 1. The molecule has 19 heavy (non-hydrogen) atoms. The van der Waals surface area contributed by atoms with Crippen LogP contribution < -0.4 is 5.73 Å². The van der Waals surface area contributed by atoms with E-state index in [1.165, 1.54) is 37.1 Å². The topological polar surface area (TPSA) is 38.5 Å². The largest absolute Gasteiger partial charge is 0.380 e. The maximum absolute atomic E-state index is 6.05. The molecule has 3 nitrogen and oxygen atoms in total. The number of methoxy groups -OCH3 is 1. The second kappa shape index (κ2) is 7.04. The molecule has 0 bridgehead atoms. The number of benzene rings is 1. The summed E-state index contributed by atoms with van der Waals surface area (Å²) in [5, 5.41) is 0. The molecule has 0 amide bonds. The van der Waals surface area contributed by atoms with Crippen molar-refractivity contribution in [1.82, 2.24) is 4.90 Å². The van der Waals surface area contributed by atoms with Crippen molar-refractivity contribution >= 4 is 0 Å². The Hall–Kier alpha value is -0.900. The molecule has 3 heteroatoms. The fourth-order valence-corrected chi connectivity index (χ4v) is 3.10. The molecule has 0 aromatic heterocycles. The van der Waals surface area contributed by atoms with Gasteiger partial charge in [-0.3, -0.25) is 4.90 Å². The van der Waals surface area contributed by atoms with E-state index in [4.69, 9.17) is 10.5 Å². The van der Waals surface area contributed by atoms with Crippen LogP contribution in [0.3, 0.4) is 0 Å². The first-order valence-corrected chi connectivity index (χ1v) is 7.31. The summed E-state index contributed by atoms with van der Waals surface area (Å²) in [6.07, 6.45) is 2.58. The minimum absolute atomic E-state index is 0.336. The van der Waals surface area contributed by atoms with Gasteiger partial charge in [0.05, 0.1) is 6.61 Å². The Morgan fingerprint density at radius 1 is 1.42 bits per heavy atom. The predicted molar refractivity (Wildman–Crippen MR) is 78.9 cm³/mol. The molecule has 1 aromatic rings. The third kappa shape index (κ3) is 3.35. The summed E-state index contributed by atoms with van der Waals surface area (Å²) in [5.74, 6) is 0.837. The molecule has 2 atom stereocenters. The lowest BCUT2D eigenvalue weighted by molar-refractivity contribution is 0.179. The van der Waals surface area contributed by atoms with E-state index in [-0.39, 0.29) is 0 Å². The Balaban J connectivity index is 2.17. The van der Waals surface area contributed by atoms with Crippen LogP contribution in [0.1, 0.15) is 36.9 Å². The van der Waals surface area contributed by atoms with Crippen LogP contribution in [0.4, 0.5) is 0 Å². The average Bonchev–Trinajstić information content (AvgIpc) is 2.91. The molecule has 0 aliphatic carbocycles. The molecule has 0 saturated carbocycles. The molecule has 1 heterocycles. The van der Waals surface area contributed by atoms with Crippen LogP contribution in [0.2, 0.25) is 0 Å². The Morgan fingerprint density at radius 3 is 2.84 bits per heavy atom. The van der Waals surface area contributed by atoms with E-state index < -0.39 is 0 Å². The fourth-order valence-electron chi connectivity index (χ4n) is 3.10. The van der Waals surface area contributed by atoms with E-state index in [1.807, 2.05) is 0 Å². The third-order valence-electron chi connectivity index (χ3n) is 4.27. The first kappa shape index (κ1) is 14.5. The van der Waals surface area contributed by atoms with E-state index in [1.54, 1.807) is 7.11 Å². The molecule has 106 valence electrons. The Labute approximate surface area is 116 Å². The van der Waals surface area contributed by atoms with Crippen LogP contribution in [-0.4, -0.2) is 31.6 Å². The van der Waals surface area contributed by atoms with Crippen LogP contribution in [-0.2, 0) is 11.3 Å². The number of nitrogens with zero attached hydrogens (tertiary/aromatic N) is 1. The van der Waals surface area contributed by atoms with Gasteiger partial charge >= 0.3 is 0 Å². The minimum atomic E-state index is 0.336. The summed E-state index contributed by atoms with van der Waals surface area (Å²) in [6.45, 7) is 5.97. The zero-order chi connectivity index (χ0) is 13.7. The first-order chi connectivity index (χ1) is 9.30. The Bertz CT molecular complexity index is 394. The molecule has 1 saturated heterocycles. The van der Waals surface area contributed by atoms with Gasteiger partial charge in [0.2, 0.25) is 0 Å². The van der Waals surface area contributed by atoms with E-state index in [9.17, 15) is 0 Å². The van der Waals surface area contributed by atoms with Gasteiger partial charge in [0.1, 0.15) is 0 Å². The third-order valence-corrected chi connectivity index (χ3v) is 4.27. The molecular weight excluding hydrogens is 236 g/mol. The first-order valence-electron chi connectivity index (χ1n) is 7.31. The van der Waals surface area contributed by atoms with Gasteiger partial charge in [-0.1, -0.05) is 37.6 Å². The molecule has 2 unspecified atom stereocenters. The monoisotopic (exact) mass is 262 g/mol. The van der Waals surface area contributed by atoms with Crippen LogP contribution in [0.25, 0.3) is 0 Å². The second-order valence-electron chi connectivity index (χ2n) is 5.44. The van der Waals surface area contributed by atoms with Crippen molar-refractivity contribution in [2.75, 3.05) is 26.7 Å². The van der Waals surface area contributed by atoms with Gasteiger partial charge in [-0.05, 0) is 30.0 Å². The van der Waals surface area contributed by atoms with Crippen molar-refractivity contribution in [3.05, 3.63) is 35.4 Å². The van der Waals surface area contributed by atoms with E-state index >= 15 is 0 Å². The summed E-state index contributed by atoms with van der Waals surface area (Å²) >= 11 is 0. The fraction of sp³-hybridized carbons (Fsp3) is 0.625. The van der Waals surface area contributed by atoms with Gasteiger partial charge in [0, 0.05) is 26.2 Å². The van der Waals surface area contributed by atoms with Crippen LogP contribution in [0.15, 0.2) is 24.3 Å². The van der Waals surface area contributed by atoms with Gasteiger partial charge in [0.25, 0.3) is 0 Å². The van der Waals surface area contributed by atoms with E-state index in [0.717, 1.165) is 5.92 Å². The zero-order valence-electron chi connectivity index (χ0n) is 12.1. The SMILES string of the molecule is CCC1CCN(C(CN)c2ccccc2COC)C1. The van der Waals surface area contributed by atoms with Gasteiger partial charge in [0.15, 0.2) is 0 Å². The normalized spacial score (nSPS) is 21.7. The van der Waals surface area contributed by atoms with E-state index in [2.05, 4.69) is 36.1 Å². The zero-order valence-corrected chi connectivity index (χ0v) is 12.1. The molecule has 1 aromatic carbocycles. The van der Waals surface area contributed by atoms with Crippen molar-refractivity contribution in [2.45, 2.75) is 32.4 Å². The molecular formula is C16H26N2O. The van der Waals surface area contributed by atoms with Gasteiger partial charge < -0.3 is 10.5 Å². The summed E-state index contributed by atoms with van der Waals surface area (Å²) in [5.41, 5.74) is 8.66. The highest BCUT2D eigenvalue weighted by atomic mass is 16.5. The molecule has 1 aliphatic rings. The van der Waals surface area contributed by atoms with Crippen LogP contribution in [0.5, 0.6) is 0 Å². The number of rotatable bonds is 6. The van der Waals surface area contributed by atoms with Gasteiger partial charge in [-0.15, -0.1) is 0 Å². The average molecular weight is 262 g/mol. The highest BCUT2D eigenvalue weighted by Crippen LogP contribution is 2.30. The highest BCUT2D eigenvalue weighted by Gasteiger charge is 2.28. The maximum atomic E-state index is 6.05. The van der Waals surface area contributed by atoms with Gasteiger partial charge in [-0.2, -0.15) is 0 Å². The highest BCUT2D eigenvalue weighted by molar-refractivity contribution is 5.30. The van der Waals surface area contributed by atoms with Crippen LogP contribution in [0, 0.1) is 5.92 Å². The Morgan fingerprint density at radius 2 is 2.21 bits per heavy atom. The molecule has 1 aliphatic heterocycles. The standard InChI is InChI=1S/C16H26N2O/c1-3-13-8-9-18(11-13)16(10-17)15-7-5-4-6-14(15)12-19-2/h4-7,13,16H,3,8-12,17H2,1-2H3. The smallest absolute Gasteiger partial charge is 0.0716 e. The minimum Gasteiger partial charge on any atom is -0.380 e. The quantitative estimate of drug-likeness (QED) is 0.856. The van der Waals surface area contributed by atoms with Crippen molar-refractivity contribution in [1.29, 1.82) is 0 Å². The lowest BCUT2D eigenvalue weighted by atomic mass is 9.99. The van der Waals surface area contributed by atoms with Crippen molar-refractivity contribution in [3.8, 4) is 0 Å². The summed E-state index contributed by atoms with van der Waals surface area (Å²) in [4.78, 5) is 2.54. The lowest BCUT2D eigenvalue weighted by Gasteiger charge is -2.29. The summed E-state index contributed by atoms with van der Waals surface area (Å²) < 4.78 is 5.31. The summed E-state index contributed by atoms with van der Waals surface area (Å²) in [7, 11) is 1.75. The second-order valence-corrected chi connectivity index (χ2v) is 5.44. The van der Waals surface area contributed by atoms with Crippen LogP contribution >= 0.6 is 0 Å². The number of nitrogens with two attached hydrogens (primary N) is 1. The molecule has 2 rings (SSSR count). The van der Waals surface area contributed by atoms with Gasteiger partial charge in [-0.25, -0.2) is 0 Å².